The Morgan fingerprint density at radius 3 is 2.50 bits per heavy atom. The third-order valence-corrected chi connectivity index (χ3v) is 1.62. The Kier molecular flexibility index (Phi) is 2.63. The van der Waals surface area contributed by atoms with Crippen LogP contribution in [-0.2, 0) is 14.3 Å². The molecular formula is C6H11NO5. The Bertz CT molecular complexity index is 175. The van der Waals surface area contributed by atoms with Gasteiger partial charge in [-0.2, -0.15) is 0 Å². The molecule has 6 nitrogen and oxygen atoms in total. The van der Waals surface area contributed by atoms with Crippen LogP contribution in [0.1, 0.15) is 6.92 Å². The fourth-order valence-corrected chi connectivity index (χ4v) is 0.833. The number of amides is 1. The van der Waals surface area contributed by atoms with Gasteiger partial charge in [0.15, 0.2) is 0 Å². The number of rotatable bonds is 1. The van der Waals surface area contributed by atoms with Crippen LogP contribution < -0.4 is 5.48 Å². The first-order valence-electron chi connectivity index (χ1n) is 3.49. The molecule has 1 fully saturated rings. The van der Waals surface area contributed by atoms with Crippen LogP contribution in [0.15, 0.2) is 0 Å². The van der Waals surface area contributed by atoms with Gasteiger partial charge >= 0.3 is 5.91 Å². The third-order valence-electron chi connectivity index (χ3n) is 1.62. The Balaban J connectivity index is 2.55. The molecule has 6 heteroatoms. The maximum absolute atomic E-state index is 10.9. The van der Waals surface area contributed by atoms with E-state index >= 15 is 0 Å². The maximum Gasteiger partial charge on any atom is 0.303 e. The van der Waals surface area contributed by atoms with Crippen molar-refractivity contribution in [2.75, 3.05) is 13.2 Å². The van der Waals surface area contributed by atoms with Crippen molar-refractivity contribution in [2.45, 2.75) is 18.8 Å². The SMILES string of the molecule is CC1(C(=O)NO)OCC(O)CO1. The molecule has 1 rings (SSSR count). The number of hydrogen-bond acceptors (Lipinski definition) is 5. The van der Waals surface area contributed by atoms with Crippen molar-refractivity contribution in [2.24, 2.45) is 0 Å². The number of carbonyl (C=O) groups excluding carboxylic acids is 1. The Hall–Kier alpha value is -0.690. The van der Waals surface area contributed by atoms with Crippen LogP contribution in [0.25, 0.3) is 0 Å². The first kappa shape index (κ1) is 9.40. The minimum Gasteiger partial charge on any atom is -0.388 e. The van der Waals surface area contributed by atoms with Gasteiger partial charge in [0.25, 0.3) is 0 Å². The zero-order chi connectivity index (χ0) is 9.19. The van der Waals surface area contributed by atoms with E-state index in [1.165, 1.54) is 12.4 Å². The van der Waals surface area contributed by atoms with Crippen molar-refractivity contribution in [1.29, 1.82) is 0 Å². The lowest BCUT2D eigenvalue weighted by atomic mass is 10.2. The van der Waals surface area contributed by atoms with Crippen LogP contribution >= 0.6 is 0 Å². The zero-order valence-electron chi connectivity index (χ0n) is 6.61. The number of carbonyl (C=O) groups is 1. The summed E-state index contributed by atoms with van der Waals surface area (Å²) in [7, 11) is 0. The minimum atomic E-state index is -1.49. The highest BCUT2D eigenvalue weighted by Gasteiger charge is 2.39. The standard InChI is InChI=1S/C6H11NO5/c1-6(5(9)7-10)11-2-4(8)3-12-6/h4,8,10H,2-3H2,1H3,(H,7,9). The molecular weight excluding hydrogens is 166 g/mol. The Morgan fingerprint density at radius 1 is 1.58 bits per heavy atom. The number of hydroxylamine groups is 1. The fourth-order valence-electron chi connectivity index (χ4n) is 0.833. The van der Waals surface area contributed by atoms with Crippen LogP contribution in [0.2, 0.25) is 0 Å². The summed E-state index contributed by atoms with van der Waals surface area (Å²) in [5.74, 6) is -2.28. The summed E-state index contributed by atoms with van der Waals surface area (Å²) in [4.78, 5) is 10.9. The molecule has 0 aromatic carbocycles. The Labute approximate surface area is 69.0 Å². The molecule has 0 aromatic heterocycles. The van der Waals surface area contributed by atoms with Crippen molar-refractivity contribution in [3.63, 3.8) is 0 Å². The van der Waals surface area contributed by atoms with Crippen LogP contribution in [0.5, 0.6) is 0 Å². The quantitative estimate of drug-likeness (QED) is 0.339. The predicted molar refractivity (Wildman–Crippen MR) is 36.2 cm³/mol. The maximum atomic E-state index is 10.9. The number of ether oxygens (including phenoxy) is 2. The average molecular weight is 177 g/mol. The first-order valence-corrected chi connectivity index (χ1v) is 3.49. The summed E-state index contributed by atoms with van der Waals surface area (Å²) in [6, 6.07) is 0. The highest BCUT2D eigenvalue weighted by atomic mass is 16.7. The van der Waals surface area contributed by atoms with Gasteiger partial charge in [-0.15, -0.1) is 0 Å². The van der Waals surface area contributed by atoms with Crippen molar-refractivity contribution >= 4 is 5.91 Å². The van der Waals surface area contributed by atoms with E-state index in [4.69, 9.17) is 19.8 Å². The average Bonchev–Trinajstić information content (AvgIpc) is 2.09. The summed E-state index contributed by atoms with van der Waals surface area (Å²) in [6.45, 7) is 1.40. The number of aliphatic hydroxyl groups excluding tert-OH is 1. The van der Waals surface area contributed by atoms with E-state index in [2.05, 4.69) is 0 Å². The van der Waals surface area contributed by atoms with Gasteiger partial charge in [-0.25, -0.2) is 5.48 Å². The van der Waals surface area contributed by atoms with Crippen LogP contribution in [-0.4, -0.2) is 41.3 Å². The lowest BCUT2D eigenvalue weighted by Gasteiger charge is -2.33. The second-order valence-corrected chi connectivity index (χ2v) is 2.66. The topological polar surface area (TPSA) is 88.0 Å². The largest absolute Gasteiger partial charge is 0.388 e. The molecule has 0 radical (unpaired) electrons. The molecule has 12 heavy (non-hydrogen) atoms. The van der Waals surface area contributed by atoms with E-state index in [0.29, 0.717) is 0 Å². The molecule has 1 saturated heterocycles. The monoisotopic (exact) mass is 177 g/mol. The van der Waals surface area contributed by atoms with Crippen molar-refractivity contribution < 1.29 is 24.6 Å². The summed E-state index contributed by atoms with van der Waals surface area (Å²) in [6.07, 6.45) is -0.718. The molecule has 0 unspecified atom stereocenters. The molecule has 1 aliphatic heterocycles. The molecule has 0 atom stereocenters. The van der Waals surface area contributed by atoms with E-state index < -0.39 is 17.8 Å². The molecule has 1 amide bonds. The zero-order valence-corrected chi connectivity index (χ0v) is 6.61. The van der Waals surface area contributed by atoms with E-state index in [1.54, 1.807) is 0 Å². The Morgan fingerprint density at radius 2 is 2.08 bits per heavy atom. The van der Waals surface area contributed by atoms with Gasteiger partial charge in [0.1, 0.15) is 6.10 Å². The normalized spacial score (nSPS) is 36.1. The van der Waals surface area contributed by atoms with Crippen LogP contribution in [0.4, 0.5) is 0 Å². The number of aliphatic hydroxyl groups is 1. The van der Waals surface area contributed by atoms with E-state index in [0.717, 1.165) is 0 Å². The van der Waals surface area contributed by atoms with Gasteiger partial charge in [-0.1, -0.05) is 0 Å². The molecule has 1 heterocycles. The molecule has 0 saturated carbocycles. The van der Waals surface area contributed by atoms with Crippen molar-refractivity contribution in [3.05, 3.63) is 0 Å². The molecule has 0 bridgehead atoms. The highest BCUT2D eigenvalue weighted by molar-refractivity contribution is 5.82. The fraction of sp³-hybridized carbons (Fsp3) is 0.833. The first-order chi connectivity index (χ1) is 5.58. The summed E-state index contributed by atoms with van der Waals surface area (Å²) < 4.78 is 9.77. The van der Waals surface area contributed by atoms with Crippen molar-refractivity contribution in [3.8, 4) is 0 Å². The van der Waals surface area contributed by atoms with E-state index in [9.17, 15) is 4.79 Å². The second-order valence-electron chi connectivity index (χ2n) is 2.66. The summed E-state index contributed by atoms with van der Waals surface area (Å²) in [5.41, 5.74) is 1.42. The van der Waals surface area contributed by atoms with Crippen LogP contribution in [0.3, 0.4) is 0 Å². The summed E-state index contributed by atoms with van der Waals surface area (Å²) in [5, 5.41) is 17.2. The molecule has 70 valence electrons. The smallest absolute Gasteiger partial charge is 0.303 e. The second kappa shape index (κ2) is 3.36. The lowest BCUT2D eigenvalue weighted by Crippen LogP contribution is -2.53. The van der Waals surface area contributed by atoms with Crippen molar-refractivity contribution in [1.82, 2.24) is 5.48 Å². The third kappa shape index (κ3) is 1.72. The number of hydrogen-bond donors (Lipinski definition) is 3. The molecule has 0 spiro atoms. The van der Waals surface area contributed by atoms with Gasteiger partial charge in [0.05, 0.1) is 13.2 Å². The van der Waals surface area contributed by atoms with Crippen LogP contribution in [0, 0.1) is 0 Å². The lowest BCUT2D eigenvalue weighted by molar-refractivity contribution is -0.272. The molecule has 0 aromatic rings. The minimum absolute atomic E-state index is 0.0178. The van der Waals surface area contributed by atoms with Gasteiger partial charge in [0, 0.05) is 0 Å². The molecule has 1 aliphatic rings. The molecule has 3 N–H and O–H groups in total. The van der Waals surface area contributed by atoms with E-state index in [-0.39, 0.29) is 13.2 Å². The highest BCUT2D eigenvalue weighted by Crippen LogP contribution is 2.18. The van der Waals surface area contributed by atoms with E-state index in [1.807, 2.05) is 0 Å². The van der Waals surface area contributed by atoms with Gasteiger partial charge in [0.2, 0.25) is 5.79 Å². The summed E-state index contributed by atoms with van der Waals surface area (Å²) >= 11 is 0. The van der Waals surface area contributed by atoms with Gasteiger partial charge in [-0.05, 0) is 6.92 Å². The molecule has 0 aliphatic carbocycles. The van der Waals surface area contributed by atoms with Gasteiger partial charge < -0.3 is 14.6 Å². The van der Waals surface area contributed by atoms with Gasteiger partial charge in [-0.3, -0.25) is 10.0 Å². The predicted octanol–water partition coefficient (Wildman–Crippen LogP) is -1.38. The number of nitrogens with one attached hydrogen (secondary N) is 1.